The lowest BCUT2D eigenvalue weighted by Gasteiger charge is -2.14. The zero-order valence-electron chi connectivity index (χ0n) is 7.63. The molecule has 66 valence electrons. The number of hydrogen-bond donors (Lipinski definition) is 1. The summed E-state index contributed by atoms with van der Waals surface area (Å²) in [5.74, 6) is 0.0934. The van der Waals surface area contributed by atoms with Crippen LogP contribution in [0, 0.1) is 5.92 Å². The lowest BCUT2D eigenvalue weighted by atomic mass is 9.96. The molecule has 0 aromatic heterocycles. The molecule has 2 unspecified atom stereocenters. The van der Waals surface area contributed by atoms with Crippen LogP contribution in [0.15, 0.2) is 0 Å². The Morgan fingerprint density at radius 3 is 2.36 bits per heavy atom. The highest BCUT2D eigenvalue weighted by Crippen LogP contribution is 2.10. The Bertz CT molecular complexity index is 121. The molecule has 0 rings (SSSR count). The van der Waals surface area contributed by atoms with Crippen LogP contribution in [0.3, 0.4) is 0 Å². The van der Waals surface area contributed by atoms with Gasteiger partial charge in [-0.1, -0.05) is 27.2 Å². The van der Waals surface area contributed by atoms with E-state index >= 15 is 0 Å². The van der Waals surface area contributed by atoms with Gasteiger partial charge in [0.15, 0.2) is 5.78 Å². The first kappa shape index (κ1) is 10.6. The van der Waals surface area contributed by atoms with Crippen molar-refractivity contribution in [2.24, 2.45) is 5.92 Å². The molecule has 0 aliphatic carbocycles. The van der Waals surface area contributed by atoms with Crippen LogP contribution in [-0.4, -0.2) is 17.0 Å². The number of rotatable bonds is 5. The average molecular weight is 158 g/mol. The zero-order chi connectivity index (χ0) is 8.85. The lowest BCUT2D eigenvalue weighted by molar-refractivity contribution is -0.129. The molecular formula is C9H18O2. The van der Waals surface area contributed by atoms with E-state index in [2.05, 4.69) is 0 Å². The highest BCUT2D eigenvalue weighted by molar-refractivity contribution is 5.82. The minimum absolute atomic E-state index is 0.0122. The Morgan fingerprint density at radius 2 is 2.00 bits per heavy atom. The predicted octanol–water partition coefficient (Wildman–Crippen LogP) is 1.76. The maximum atomic E-state index is 11.1. The highest BCUT2D eigenvalue weighted by Gasteiger charge is 2.19. The van der Waals surface area contributed by atoms with Crippen LogP contribution in [-0.2, 0) is 4.79 Å². The summed E-state index contributed by atoms with van der Waals surface area (Å²) in [5, 5.41) is 9.37. The monoisotopic (exact) mass is 158 g/mol. The predicted molar refractivity (Wildman–Crippen MR) is 45.4 cm³/mol. The summed E-state index contributed by atoms with van der Waals surface area (Å²) in [7, 11) is 0. The molecule has 0 fully saturated rings. The van der Waals surface area contributed by atoms with E-state index in [0.717, 1.165) is 12.8 Å². The summed E-state index contributed by atoms with van der Waals surface area (Å²) >= 11 is 0. The fourth-order valence-corrected chi connectivity index (χ4v) is 0.935. The molecule has 11 heavy (non-hydrogen) atoms. The number of carbonyl (C=O) groups is 1. The molecule has 0 heterocycles. The third-order valence-corrected chi connectivity index (χ3v) is 2.01. The molecule has 0 aliphatic rings. The lowest BCUT2D eigenvalue weighted by Crippen LogP contribution is -2.27. The minimum atomic E-state index is -0.736. The van der Waals surface area contributed by atoms with Crippen molar-refractivity contribution in [1.82, 2.24) is 0 Å². The number of aliphatic hydroxyl groups excluding tert-OH is 1. The molecule has 0 saturated heterocycles. The Hall–Kier alpha value is -0.370. The first-order chi connectivity index (χ1) is 5.13. The zero-order valence-corrected chi connectivity index (χ0v) is 7.63. The Balaban J connectivity index is 3.80. The number of aliphatic hydroxyl groups is 1. The number of carbonyl (C=O) groups excluding carboxylic acids is 1. The van der Waals surface area contributed by atoms with E-state index < -0.39 is 6.10 Å². The summed E-state index contributed by atoms with van der Waals surface area (Å²) < 4.78 is 0. The summed E-state index contributed by atoms with van der Waals surface area (Å²) in [5.41, 5.74) is 0. The van der Waals surface area contributed by atoms with Crippen LogP contribution in [0.5, 0.6) is 0 Å². The van der Waals surface area contributed by atoms with Crippen LogP contribution in [0.25, 0.3) is 0 Å². The normalized spacial score (nSPS) is 16.0. The quantitative estimate of drug-likeness (QED) is 0.662. The maximum Gasteiger partial charge on any atom is 0.161 e. The Kier molecular flexibility index (Phi) is 5.12. The fourth-order valence-electron chi connectivity index (χ4n) is 0.935. The van der Waals surface area contributed by atoms with Gasteiger partial charge >= 0.3 is 0 Å². The van der Waals surface area contributed by atoms with Gasteiger partial charge in [0.25, 0.3) is 0 Å². The molecule has 0 saturated carbocycles. The van der Waals surface area contributed by atoms with Crippen LogP contribution >= 0.6 is 0 Å². The molecule has 0 aromatic carbocycles. The van der Waals surface area contributed by atoms with Gasteiger partial charge in [0.05, 0.1) is 0 Å². The molecule has 0 spiro atoms. The maximum absolute atomic E-state index is 11.1. The van der Waals surface area contributed by atoms with Gasteiger partial charge in [-0.2, -0.15) is 0 Å². The number of Topliss-reactive ketones (excluding diaryl/α,β-unsaturated/α-hetero) is 1. The van der Waals surface area contributed by atoms with E-state index in [9.17, 15) is 9.90 Å². The van der Waals surface area contributed by atoms with Crippen LogP contribution < -0.4 is 0 Å². The van der Waals surface area contributed by atoms with Gasteiger partial charge in [0, 0.05) is 6.42 Å². The standard InChI is InChI=1S/C9H18O2/c1-4-6-8(10)9(11)7(3)5-2/h7,9,11H,4-6H2,1-3H3. The van der Waals surface area contributed by atoms with Crippen molar-refractivity contribution in [2.75, 3.05) is 0 Å². The summed E-state index contributed by atoms with van der Waals surface area (Å²) in [6, 6.07) is 0. The van der Waals surface area contributed by atoms with Crippen molar-refractivity contribution in [1.29, 1.82) is 0 Å². The van der Waals surface area contributed by atoms with E-state index in [1.807, 2.05) is 20.8 Å². The molecule has 0 aliphatic heterocycles. The summed E-state index contributed by atoms with van der Waals surface area (Å²) in [4.78, 5) is 11.1. The van der Waals surface area contributed by atoms with Crippen molar-refractivity contribution < 1.29 is 9.90 Å². The van der Waals surface area contributed by atoms with Crippen molar-refractivity contribution in [2.45, 2.75) is 46.1 Å². The van der Waals surface area contributed by atoms with Crippen LogP contribution in [0.2, 0.25) is 0 Å². The van der Waals surface area contributed by atoms with Crippen molar-refractivity contribution in [3.63, 3.8) is 0 Å². The molecule has 0 aromatic rings. The van der Waals surface area contributed by atoms with Crippen LogP contribution in [0.1, 0.15) is 40.0 Å². The van der Waals surface area contributed by atoms with Crippen LogP contribution in [0.4, 0.5) is 0 Å². The summed E-state index contributed by atoms with van der Waals surface area (Å²) in [6.07, 6.45) is 1.45. The first-order valence-electron chi connectivity index (χ1n) is 4.34. The topological polar surface area (TPSA) is 37.3 Å². The first-order valence-corrected chi connectivity index (χ1v) is 4.34. The molecule has 2 heteroatoms. The van der Waals surface area contributed by atoms with Crippen molar-refractivity contribution >= 4 is 5.78 Å². The molecular weight excluding hydrogens is 140 g/mol. The van der Waals surface area contributed by atoms with Gasteiger partial charge in [-0.05, 0) is 12.3 Å². The second kappa shape index (κ2) is 5.30. The largest absolute Gasteiger partial charge is 0.385 e. The van der Waals surface area contributed by atoms with Gasteiger partial charge in [0.1, 0.15) is 6.10 Å². The second-order valence-corrected chi connectivity index (χ2v) is 3.05. The molecule has 0 radical (unpaired) electrons. The molecule has 2 atom stereocenters. The van der Waals surface area contributed by atoms with E-state index in [-0.39, 0.29) is 11.7 Å². The fraction of sp³-hybridized carbons (Fsp3) is 0.889. The average Bonchev–Trinajstić information content (AvgIpc) is 2.02. The number of hydrogen-bond acceptors (Lipinski definition) is 2. The van der Waals surface area contributed by atoms with Gasteiger partial charge in [0.2, 0.25) is 0 Å². The van der Waals surface area contributed by atoms with E-state index in [4.69, 9.17) is 0 Å². The van der Waals surface area contributed by atoms with E-state index in [1.165, 1.54) is 0 Å². The molecule has 0 amide bonds. The summed E-state index contributed by atoms with van der Waals surface area (Å²) in [6.45, 7) is 5.83. The highest BCUT2D eigenvalue weighted by atomic mass is 16.3. The molecule has 0 bridgehead atoms. The van der Waals surface area contributed by atoms with Crippen molar-refractivity contribution in [3.05, 3.63) is 0 Å². The van der Waals surface area contributed by atoms with Gasteiger partial charge < -0.3 is 5.11 Å². The van der Waals surface area contributed by atoms with Gasteiger partial charge in [-0.3, -0.25) is 4.79 Å². The van der Waals surface area contributed by atoms with E-state index in [0.29, 0.717) is 6.42 Å². The smallest absolute Gasteiger partial charge is 0.161 e. The minimum Gasteiger partial charge on any atom is -0.385 e. The number of ketones is 1. The van der Waals surface area contributed by atoms with E-state index in [1.54, 1.807) is 0 Å². The Labute approximate surface area is 68.6 Å². The molecule has 1 N–H and O–H groups in total. The molecule has 2 nitrogen and oxygen atoms in total. The van der Waals surface area contributed by atoms with Gasteiger partial charge in [-0.25, -0.2) is 0 Å². The second-order valence-electron chi connectivity index (χ2n) is 3.05. The van der Waals surface area contributed by atoms with Crippen molar-refractivity contribution in [3.8, 4) is 0 Å². The van der Waals surface area contributed by atoms with Gasteiger partial charge in [-0.15, -0.1) is 0 Å². The SMILES string of the molecule is CCCC(=O)C(O)C(C)CC. The third-order valence-electron chi connectivity index (χ3n) is 2.01. The Morgan fingerprint density at radius 1 is 1.45 bits per heavy atom. The third kappa shape index (κ3) is 3.51.